The third-order valence-corrected chi connectivity index (χ3v) is 5.00. The third-order valence-electron chi connectivity index (χ3n) is 2.04. The number of hydrogen-bond donors (Lipinski definition) is 0. The summed E-state index contributed by atoms with van der Waals surface area (Å²) in [6.07, 6.45) is 0. The second kappa shape index (κ2) is 4.62. The first kappa shape index (κ1) is 16.8. The normalized spacial score (nSPS) is 14.3. The minimum atomic E-state index is -5.94. The highest BCUT2D eigenvalue weighted by Gasteiger charge is 2.49. The van der Waals surface area contributed by atoms with Gasteiger partial charge in [0.1, 0.15) is 0 Å². The van der Waals surface area contributed by atoms with Gasteiger partial charge in [0.25, 0.3) is 19.7 Å². The van der Waals surface area contributed by atoms with Crippen molar-refractivity contribution in [3.63, 3.8) is 0 Å². The Bertz CT molecular complexity index is 655. The lowest BCUT2D eigenvalue weighted by Gasteiger charge is -2.11. The fourth-order valence-corrected chi connectivity index (χ4v) is 2.76. The summed E-state index contributed by atoms with van der Waals surface area (Å²) < 4.78 is 117. The van der Waals surface area contributed by atoms with Crippen LogP contribution >= 0.6 is 0 Å². The maximum atomic E-state index is 12.2. The number of benzene rings is 1. The monoisotopic (exact) mass is 342 g/mol. The fraction of sp³-hybridized carbons (Fsp3) is 0.250. The van der Waals surface area contributed by atoms with Crippen LogP contribution in [0.3, 0.4) is 0 Å². The van der Waals surface area contributed by atoms with Gasteiger partial charge in [-0.05, 0) is 18.2 Å². The minimum absolute atomic E-state index is 0.189. The van der Waals surface area contributed by atoms with Crippen LogP contribution in [0.25, 0.3) is 0 Å². The number of alkyl halides is 6. The van der Waals surface area contributed by atoms with Crippen LogP contribution < -0.4 is 0 Å². The molecule has 12 heteroatoms. The highest BCUT2D eigenvalue weighted by atomic mass is 32.2. The number of sulfone groups is 2. The Morgan fingerprint density at radius 1 is 0.700 bits per heavy atom. The number of halogens is 6. The maximum Gasteiger partial charge on any atom is 0.501 e. The van der Waals surface area contributed by atoms with E-state index in [9.17, 15) is 43.2 Å². The van der Waals surface area contributed by atoms with Crippen molar-refractivity contribution >= 4 is 19.7 Å². The predicted octanol–water partition coefficient (Wildman–Crippen LogP) is 2.27. The molecule has 4 nitrogen and oxygen atoms in total. The van der Waals surface area contributed by atoms with E-state index in [1.165, 1.54) is 0 Å². The van der Waals surface area contributed by atoms with Crippen molar-refractivity contribution in [1.82, 2.24) is 0 Å². The predicted molar refractivity (Wildman–Crippen MR) is 52.9 cm³/mol. The minimum Gasteiger partial charge on any atom is -0.214 e. The second-order valence-electron chi connectivity index (χ2n) is 3.37. The Morgan fingerprint density at radius 2 is 1.00 bits per heavy atom. The van der Waals surface area contributed by atoms with Crippen molar-refractivity contribution in [2.45, 2.75) is 20.8 Å². The van der Waals surface area contributed by atoms with Crippen molar-refractivity contribution in [3.8, 4) is 0 Å². The van der Waals surface area contributed by atoms with E-state index >= 15 is 0 Å². The molecule has 0 spiro atoms. The van der Waals surface area contributed by atoms with E-state index in [1.807, 2.05) is 0 Å². The topological polar surface area (TPSA) is 68.3 Å². The molecule has 1 rings (SSSR count). The highest BCUT2D eigenvalue weighted by Crippen LogP contribution is 2.34. The molecule has 0 N–H and O–H groups in total. The van der Waals surface area contributed by atoms with Gasteiger partial charge in [0.2, 0.25) is 0 Å². The van der Waals surface area contributed by atoms with Crippen molar-refractivity contribution in [1.29, 1.82) is 0 Å². The van der Waals surface area contributed by atoms with Crippen molar-refractivity contribution < 1.29 is 43.2 Å². The van der Waals surface area contributed by atoms with Crippen LogP contribution in [0.4, 0.5) is 26.3 Å². The SMILES string of the molecule is O=S(=O)(c1cccc(S(=O)(=O)C(F)(F)F)c1)C(F)(F)F. The summed E-state index contributed by atoms with van der Waals surface area (Å²) in [4.78, 5) is -3.18. The van der Waals surface area contributed by atoms with Crippen molar-refractivity contribution in [3.05, 3.63) is 24.3 Å². The molecular weight excluding hydrogens is 338 g/mol. The van der Waals surface area contributed by atoms with Gasteiger partial charge < -0.3 is 0 Å². The largest absolute Gasteiger partial charge is 0.501 e. The van der Waals surface area contributed by atoms with Gasteiger partial charge in [0.15, 0.2) is 0 Å². The van der Waals surface area contributed by atoms with Crippen molar-refractivity contribution in [2.24, 2.45) is 0 Å². The first-order chi connectivity index (χ1) is 8.71. The van der Waals surface area contributed by atoms with Gasteiger partial charge in [-0.1, -0.05) is 6.07 Å². The average molecular weight is 342 g/mol. The quantitative estimate of drug-likeness (QED) is 0.774. The van der Waals surface area contributed by atoms with Gasteiger partial charge in [0.05, 0.1) is 9.79 Å². The Balaban J connectivity index is 3.53. The molecular formula is C8H4F6O4S2. The molecule has 0 aliphatic rings. The Labute approximate surface area is 108 Å². The molecule has 0 radical (unpaired) electrons. The van der Waals surface area contributed by atoms with Crippen LogP contribution in [0.2, 0.25) is 0 Å². The number of hydrogen-bond acceptors (Lipinski definition) is 4. The standard InChI is InChI=1S/C8H4F6O4S2/c9-7(10,11)19(15,16)5-2-1-3-6(4-5)20(17,18)8(12,13)14/h1-4H. The van der Waals surface area contributed by atoms with Crippen LogP contribution in [-0.2, 0) is 19.7 Å². The lowest BCUT2D eigenvalue weighted by atomic mass is 10.4. The summed E-state index contributed by atoms with van der Waals surface area (Å²) in [6.45, 7) is 0. The molecule has 0 atom stereocenters. The molecule has 0 heterocycles. The Kier molecular flexibility index (Phi) is 3.87. The molecule has 0 amide bonds. The fourth-order valence-electron chi connectivity index (χ4n) is 1.08. The Hall–Kier alpha value is -1.30. The molecule has 20 heavy (non-hydrogen) atoms. The summed E-state index contributed by atoms with van der Waals surface area (Å²) >= 11 is 0. The van der Waals surface area contributed by atoms with E-state index in [-0.39, 0.29) is 6.07 Å². The van der Waals surface area contributed by atoms with Gasteiger partial charge in [-0.2, -0.15) is 26.3 Å². The number of rotatable bonds is 2. The van der Waals surface area contributed by atoms with Gasteiger partial charge in [-0.25, -0.2) is 16.8 Å². The first-order valence-corrected chi connectivity index (χ1v) is 7.40. The zero-order valence-corrected chi connectivity index (χ0v) is 10.7. The zero-order chi connectivity index (χ0) is 16.0. The molecule has 0 aromatic heterocycles. The Morgan fingerprint density at radius 3 is 1.25 bits per heavy atom. The lowest BCUT2D eigenvalue weighted by molar-refractivity contribution is -0.0438. The molecule has 0 saturated carbocycles. The molecule has 114 valence electrons. The van der Waals surface area contributed by atoms with E-state index < -0.39 is 40.5 Å². The molecule has 0 unspecified atom stereocenters. The second-order valence-corrected chi connectivity index (χ2v) is 7.26. The smallest absolute Gasteiger partial charge is 0.214 e. The molecule has 0 aliphatic heterocycles. The van der Waals surface area contributed by atoms with Crippen LogP contribution in [0, 0.1) is 0 Å². The van der Waals surface area contributed by atoms with Gasteiger partial charge >= 0.3 is 11.0 Å². The van der Waals surface area contributed by atoms with Crippen molar-refractivity contribution in [2.75, 3.05) is 0 Å². The lowest BCUT2D eigenvalue weighted by Crippen LogP contribution is -2.25. The maximum absolute atomic E-state index is 12.2. The van der Waals surface area contributed by atoms with Gasteiger partial charge in [-0.3, -0.25) is 0 Å². The van der Waals surface area contributed by atoms with E-state index in [1.54, 1.807) is 0 Å². The third kappa shape index (κ3) is 2.75. The molecule has 0 fully saturated rings. The van der Waals surface area contributed by atoms with Gasteiger partial charge in [-0.15, -0.1) is 0 Å². The summed E-state index contributed by atoms with van der Waals surface area (Å²) in [6, 6.07) is 0.972. The average Bonchev–Trinajstić information content (AvgIpc) is 2.26. The molecule has 0 saturated heterocycles. The summed E-state index contributed by atoms with van der Waals surface area (Å²) in [7, 11) is -11.9. The van der Waals surface area contributed by atoms with Crippen LogP contribution in [-0.4, -0.2) is 27.9 Å². The van der Waals surface area contributed by atoms with E-state index in [2.05, 4.69) is 0 Å². The summed E-state index contributed by atoms with van der Waals surface area (Å²) in [5.74, 6) is 0. The zero-order valence-electron chi connectivity index (χ0n) is 9.03. The van der Waals surface area contributed by atoms with E-state index in [0.29, 0.717) is 18.2 Å². The van der Waals surface area contributed by atoms with Crippen LogP contribution in [0.5, 0.6) is 0 Å². The van der Waals surface area contributed by atoms with E-state index in [4.69, 9.17) is 0 Å². The summed E-state index contributed by atoms with van der Waals surface area (Å²) in [5.41, 5.74) is -11.5. The molecule has 1 aromatic carbocycles. The molecule has 0 bridgehead atoms. The molecule has 0 aliphatic carbocycles. The molecule has 1 aromatic rings. The van der Waals surface area contributed by atoms with Gasteiger partial charge in [0, 0.05) is 0 Å². The first-order valence-electron chi connectivity index (χ1n) is 4.44. The summed E-state index contributed by atoms with van der Waals surface area (Å²) in [5, 5.41) is 0. The van der Waals surface area contributed by atoms with E-state index in [0.717, 1.165) is 0 Å². The van der Waals surface area contributed by atoms with Crippen LogP contribution in [0.15, 0.2) is 34.1 Å². The highest BCUT2D eigenvalue weighted by molar-refractivity contribution is 7.93. The van der Waals surface area contributed by atoms with Crippen LogP contribution in [0.1, 0.15) is 0 Å².